The van der Waals surface area contributed by atoms with Crippen molar-refractivity contribution < 1.29 is 17.9 Å². The lowest BCUT2D eigenvalue weighted by atomic mass is 10.3. The number of amides is 1. The quantitative estimate of drug-likeness (QED) is 0.590. The number of nitrogens with one attached hydrogen (secondary N) is 3. The molecule has 1 aliphatic rings. The van der Waals surface area contributed by atoms with Gasteiger partial charge >= 0.3 is 5.69 Å². The Labute approximate surface area is 138 Å². The maximum atomic E-state index is 12.5. The van der Waals surface area contributed by atoms with Crippen molar-refractivity contribution in [1.29, 1.82) is 0 Å². The molecule has 0 radical (unpaired) electrons. The Morgan fingerprint density at radius 2 is 2.00 bits per heavy atom. The van der Waals surface area contributed by atoms with Gasteiger partial charge in [-0.15, -0.1) is 0 Å². The Hall–Kier alpha value is -2.14. The average Bonchev–Trinajstić information content (AvgIpc) is 2.95. The summed E-state index contributed by atoms with van der Waals surface area (Å²) in [6.07, 6.45) is 0.267. The first-order valence-corrected chi connectivity index (χ1v) is 8.91. The van der Waals surface area contributed by atoms with E-state index in [1.165, 1.54) is 12.0 Å². The molecule has 134 valence electrons. The van der Waals surface area contributed by atoms with Crippen molar-refractivity contribution in [1.82, 2.24) is 19.6 Å². The lowest BCUT2D eigenvalue weighted by Gasteiger charge is -2.18. The van der Waals surface area contributed by atoms with Crippen LogP contribution in [0.2, 0.25) is 0 Å². The summed E-state index contributed by atoms with van der Waals surface area (Å²) in [4.78, 5) is 41.1. The second-order valence-corrected chi connectivity index (χ2v) is 7.79. The normalized spacial score (nSPS) is 18.2. The fraction of sp³-hybridized carbons (Fsp3) is 0.615. The molecule has 11 heteroatoms. The van der Waals surface area contributed by atoms with Crippen LogP contribution >= 0.6 is 0 Å². The van der Waals surface area contributed by atoms with Crippen LogP contribution in [0.25, 0.3) is 0 Å². The monoisotopic (exact) mass is 360 g/mol. The number of H-pyrrole nitrogens is 2. The molecule has 0 aliphatic carbocycles. The number of carbonyl (C=O) groups is 1. The number of likely N-dealkylation sites (tertiary alicyclic amines) is 1. The van der Waals surface area contributed by atoms with Gasteiger partial charge in [0.05, 0.1) is 12.4 Å². The van der Waals surface area contributed by atoms with E-state index in [2.05, 4.69) is 9.71 Å². The van der Waals surface area contributed by atoms with Crippen LogP contribution in [0.4, 0.5) is 0 Å². The summed E-state index contributed by atoms with van der Waals surface area (Å²) in [6, 6.07) is -0.246. The van der Waals surface area contributed by atoms with E-state index in [-0.39, 0.29) is 37.0 Å². The minimum atomic E-state index is -3.55. The molecule has 1 aliphatic heterocycles. The molecule has 1 amide bonds. The first-order chi connectivity index (χ1) is 11.2. The van der Waals surface area contributed by atoms with Gasteiger partial charge in [-0.05, 0) is 20.3 Å². The summed E-state index contributed by atoms with van der Waals surface area (Å²) in [5.41, 5.74) is -1.95. The van der Waals surface area contributed by atoms with Crippen molar-refractivity contribution in [2.45, 2.75) is 31.6 Å². The van der Waals surface area contributed by atoms with Gasteiger partial charge in [0, 0.05) is 19.1 Å². The summed E-state index contributed by atoms with van der Waals surface area (Å²) in [7, 11) is -2.36. The zero-order valence-electron chi connectivity index (χ0n) is 13.6. The Morgan fingerprint density at radius 3 is 2.58 bits per heavy atom. The highest BCUT2D eigenvalue weighted by Crippen LogP contribution is 2.20. The van der Waals surface area contributed by atoms with Crippen LogP contribution < -0.4 is 20.7 Å². The van der Waals surface area contributed by atoms with Gasteiger partial charge in [-0.25, -0.2) is 17.9 Å². The van der Waals surface area contributed by atoms with E-state index >= 15 is 0 Å². The highest BCUT2D eigenvalue weighted by Gasteiger charge is 2.37. The van der Waals surface area contributed by atoms with Crippen molar-refractivity contribution in [3.8, 4) is 5.75 Å². The Bertz CT molecular complexity index is 841. The van der Waals surface area contributed by atoms with Gasteiger partial charge in [0.1, 0.15) is 0 Å². The van der Waals surface area contributed by atoms with E-state index in [4.69, 9.17) is 4.74 Å². The van der Waals surface area contributed by atoms with Gasteiger partial charge in [0.25, 0.3) is 11.5 Å². The molecule has 0 aromatic carbocycles. The minimum absolute atomic E-state index is 0.0289. The molecule has 3 N–H and O–H groups in total. The highest BCUT2D eigenvalue weighted by molar-refractivity contribution is 7.90. The van der Waals surface area contributed by atoms with Gasteiger partial charge in [-0.1, -0.05) is 0 Å². The van der Waals surface area contributed by atoms with Gasteiger partial charge in [0.2, 0.25) is 15.8 Å². The SMILES string of the molecule is COc1c(C(=O)N2CCC(S(=O)(=O)NC(C)C)C2)[nH]c(=O)[nH]c1=O. The molecule has 1 aromatic heterocycles. The fourth-order valence-electron chi connectivity index (χ4n) is 2.57. The van der Waals surface area contributed by atoms with E-state index < -0.39 is 32.4 Å². The second-order valence-electron chi connectivity index (χ2n) is 5.80. The maximum absolute atomic E-state index is 12.5. The number of nitrogens with zero attached hydrogens (tertiary/aromatic N) is 1. The van der Waals surface area contributed by atoms with Crippen LogP contribution in [-0.4, -0.2) is 60.7 Å². The van der Waals surface area contributed by atoms with E-state index in [1.807, 2.05) is 4.98 Å². The van der Waals surface area contributed by atoms with Gasteiger partial charge < -0.3 is 9.64 Å². The van der Waals surface area contributed by atoms with E-state index in [0.29, 0.717) is 0 Å². The van der Waals surface area contributed by atoms with E-state index in [9.17, 15) is 22.8 Å². The lowest BCUT2D eigenvalue weighted by Crippen LogP contribution is -2.41. The number of aromatic nitrogens is 2. The number of aromatic amines is 2. The zero-order valence-corrected chi connectivity index (χ0v) is 14.4. The number of hydrogen-bond donors (Lipinski definition) is 3. The Balaban J connectivity index is 2.25. The Kier molecular flexibility index (Phi) is 5.13. The summed E-state index contributed by atoms with van der Waals surface area (Å²) >= 11 is 0. The van der Waals surface area contributed by atoms with Crippen LogP contribution in [0.3, 0.4) is 0 Å². The standard InChI is InChI=1S/C13H20N4O6S/c1-7(2)16-24(21,22)8-4-5-17(6-8)12(19)9-10(23-3)11(18)15-13(20)14-9/h7-8,16H,4-6H2,1-3H3,(H2,14,15,18,20). The third kappa shape index (κ3) is 3.67. The zero-order chi connectivity index (χ0) is 18.1. The van der Waals surface area contributed by atoms with Gasteiger partial charge in [-0.2, -0.15) is 0 Å². The van der Waals surface area contributed by atoms with Crippen molar-refractivity contribution in [2.75, 3.05) is 20.2 Å². The molecule has 1 fully saturated rings. The van der Waals surface area contributed by atoms with E-state index in [1.54, 1.807) is 13.8 Å². The molecule has 1 unspecified atom stereocenters. The minimum Gasteiger partial charge on any atom is -0.489 e. The van der Waals surface area contributed by atoms with Crippen LogP contribution in [0.1, 0.15) is 30.8 Å². The van der Waals surface area contributed by atoms with Crippen LogP contribution in [-0.2, 0) is 10.0 Å². The second kappa shape index (κ2) is 6.77. The van der Waals surface area contributed by atoms with Crippen molar-refractivity contribution in [2.24, 2.45) is 0 Å². The first kappa shape index (κ1) is 18.2. The fourth-order valence-corrected chi connectivity index (χ4v) is 4.21. The largest absolute Gasteiger partial charge is 0.489 e. The topological polar surface area (TPSA) is 141 Å². The summed E-state index contributed by atoms with van der Waals surface area (Å²) in [5, 5.41) is -0.747. The van der Waals surface area contributed by atoms with E-state index in [0.717, 1.165) is 0 Å². The predicted molar refractivity (Wildman–Crippen MR) is 85.7 cm³/mol. The number of rotatable bonds is 5. The van der Waals surface area contributed by atoms with Crippen LogP contribution in [0.15, 0.2) is 9.59 Å². The lowest BCUT2D eigenvalue weighted by molar-refractivity contribution is 0.0782. The molecule has 0 spiro atoms. The number of hydrogen-bond acceptors (Lipinski definition) is 6. The first-order valence-electron chi connectivity index (χ1n) is 7.36. The third-order valence-electron chi connectivity index (χ3n) is 3.59. The number of ether oxygens (including phenoxy) is 1. The summed E-state index contributed by atoms with van der Waals surface area (Å²) in [5.74, 6) is -0.969. The van der Waals surface area contributed by atoms with Crippen molar-refractivity contribution >= 4 is 15.9 Å². The average molecular weight is 360 g/mol. The van der Waals surface area contributed by atoms with Crippen molar-refractivity contribution in [3.63, 3.8) is 0 Å². The third-order valence-corrected chi connectivity index (χ3v) is 5.65. The molecule has 24 heavy (non-hydrogen) atoms. The number of carbonyl (C=O) groups excluding carboxylic acids is 1. The molecule has 2 heterocycles. The molecule has 0 saturated carbocycles. The molecule has 10 nitrogen and oxygen atoms in total. The summed E-state index contributed by atoms with van der Waals surface area (Å²) in [6.45, 7) is 3.59. The highest BCUT2D eigenvalue weighted by atomic mass is 32.2. The predicted octanol–water partition coefficient (Wildman–Crippen LogP) is -1.39. The Morgan fingerprint density at radius 1 is 1.33 bits per heavy atom. The maximum Gasteiger partial charge on any atom is 0.326 e. The van der Waals surface area contributed by atoms with Crippen LogP contribution in [0.5, 0.6) is 5.75 Å². The summed E-state index contributed by atoms with van der Waals surface area (Å²) < 4.78 is 31.7. The molecule has 0 bridgehead atoms. The molecule has 1 atom stereocenters. The van der Waals surface area contributed by atoms with Gasteiger partial charge in [0.15, 0.2) is 5.69 Å². The number of methoxy groups -OCH3 is 1. The molecular formula is C13H20N4O6S. The molecular weight excluding hydrogens is 340 g/mol. The molecule has 2 rings (SSSR count). The molecule has 1 saturated heterocycles. The van der Waals surface area contributed by atoms with Crippen molar-refractivity contribution in [3.05, 3.63) is 26.5 Å². The molecule has 1 aromatic rings. The van der Waals surface area contributed by atoms with Gasteiger partial charge in [-0.3, -0.25) is 19.6 Å². The smallest absolute Gasteiger partial charge is 0.326 e. The number of sulfonamides is 1. The van der Waals surface area contributed by atoms with Crippen LogP contribution in [0, 0.1) is 0 Å².